The number of carbonyl (C=O) groups excluding carboxylic acids is 2. The zero-order chi connectivity index (χ0) is 32.9. The van der Waals surface area contributed by atoms with E-state index in [1.807, 2.05) is 0 Å². The first-order valence-corrected chi connectivity index (χ1v) is 17.8. The number of hydrogen-bond donors (Lipinski definition) is 1. The molecular formula is C32H38F4N4O4Si. The number of nitrogens with one attached hydrogen (secondary N) is 1. The van der Waals surface area contributed by atoms with Crippen LogP contribution < -0.4 is 10.2 Å². The second-order valence-electron chi connectivity index (χ2n) is 13.0. The summed E-state index contributed by atoms with van der Waals surface area (Å²) in [5.74, 6) is -2.07. The Bertz CT molecular complexity index is 1580. The molecule has 2 aliphatic rings. The zero-order valence-electron chi connectivity index (χ0n) is 26.2. The van der Waals surface area contributed by atoms with Crippen LogP contribution in [0.2, 0.25) is 18.1 Å². The quantitative estimate of drug-likeness (QED) is 0.225. The number of benzene rings is 2. The van der Waals surface area contributed by atoms with Crippen LogP contribution in [0.3, 0.4) is 0 Å². The number of carbonyl (C=O) groups is 2. The number of amides is 2. The lowest BCUT2D eigenvalue weighted by molar-refractivity contribution is -0.137. The summed E-state index contributed by atoms with van der Waals surface area (Å²) >= 11 is 0. The lowest BCUT2D eigenvalue weighted by Gasteiger charge is -2.40. The highest BCUT2D eigenvalue weighted by Gasteiger charge is 2.48. The summed E-state index contributed by atoms with van der Waals surface area (Å²) in [6, 6.07) is 8.32. The molecule has 1 saturated heterocycles. The molecule has 0 spiro atoms. The molecule has 0 bridgehead atoms. The number of likely N-dealkylation sites (N-methyl/N-ethyl adjacent to an activating group) is 1. The van der Waals surface area contributed by atoms with Crippen LogP contribution in [-0.2, 0) is 26.7 Å². The Kier molecular flexibility index (Phi) is 8.75. The Morgan fingerprint density at radius 2 is 1.78 bits per heavy atom. The molecule has 242 valence electrons. The Hall–Kier alpha value is -3.55. The van der Waals surface area contributed by atoms with Gasteiger partial charge in [0.1, 0.15) is 23.7 Å². The molecule has 2 aliphatic heterocycles. The molecule has 13 heteroatoms. The smallest absolute Gasteiger partial charge is 0.411 e. The lowest BCUT2D eigenvalue weighted by atomic mass is 9.81. The summed E-state index contributed by atoms with van der Waals surface area (Å²) in [5.41, 5.74) is 0.525. The Labute approximate surface area is 260 Å². The van der Waals surface area contributed by atoms with Crippen molar-refractivity contribution < 1.29 is 36.3 Å². The lowest BCUT2D eigenvalue weighted by Crippen LogP contribution is -2.56. The average Bonchev–Trinajstić information content (AvgIpc) is 3.29. The van der Waals surface area contributed by atoms with E-state index >= 15 is 0 Å². The first-order chi connectivity index (χ1) is 21.0. The third-order valence-electron chi connectivity index (χ3n) is 9.06. The molecule has 5 rings (SSSR count). The van der Waals surface area contributed by atoms with Crippen molar-refractivity contribution in [1.29, 1.82) is 0 Å². The highest BCUT2D eigenvalue weighted by Crippen LogP contribution is 2.45. The molecule has 45 heavy (non-hydrogen) atoms. The topological polar surface area (TPSA) is 85.7 Å². The Morgan fingerprint density at radius 1 is 1.11 bits per heavy atom. The predicted octanol–water partition coefficient (Wildman–Crippen LogP) is 6.43. The number of anilines is 1. The van der Waals surface area contributed by atoms with E-state index < -0.39 is 49.6 Å². The number of hydrogen-bond acceptors (Lipinski definition) is 5. The molecule has 8 nitrogen and oxygen atoms in total. The van der Waals surface area contributed by atoms with Crippen LogP contribution in [0.4, 0.5) is 23.4 Å². The van der Waals surface area contributed by atoms with Gasteiger partial charge in [0.2, 0.25) is 0 Å². The normalized spacial score (nSPS) is 19.3. The number of ether oxygens (including phenoxy) is 1. The van der Waals surface area contributed by atoms with Crippen molar-refractivity contribution in [2.75, 3.05) is 24.7 Å². The fraction of sp³-hybridized carbons (Fsp3) is 0.469. The Morgan fingerprint density at radius 3 is 2.33 bits per heavy atom. The second-order valence-corrected chi connectivity index (χ2v) is 17.8. The van der Waals surface area contributed by atoms with E-state index in [4.69, 9.17) is 14.3 Å². The predicted molar refractivity (Wildman–Crippen MR) is 163 cm³/mol. The minimum atomic E-state index is -4.65. The number of fused-ring (bicyclic) bond motifs is 1. The second kappa shape index (κ2) is 12.0. The van der Waals surface area contributed by atoms with E-state index in [1.54, 1.807) is 23.7 Å². The van der Waals surface area contributed by atoms with E-state index in [0.717, 1.165) is 18.2 Å². The minimum absolute atomic E-state index is 0.0965. The third kappa shape index (κ3) is 6.30. The van der Waals surface area contributed by atoms with E-state index in [0.29, 0.717) is 35.9 Å². The maximum atomic E-state index is 14.3. The van der Waals surface area contributed by atoms with Crippen molar-refractivity contribution in [2.45, 2.75) is 76.6 Å². The number of aromatic nitrogens is 2. The van der Waals surface area contributed by atoms with Crippen LogP contribution in [0, 0.1) is 5.82 Å². The molecule has 2 amide bonds. The van der Waals surface area contributed by atoms with Crippen LogP contribution in [0.5, 0.6) is 0 Å². The minimum Gasteiger partial charge on any atom is -0.411 e. The molecule has 0 aliphatic carbocycles. The Balaban J connectivity index is 1.65. The van der Waals surface area contributed by atoms with E-state index in [-0.39, 0.29) is 29.8 Å². The van der Waals surface area contributed by atoms with Crippen molar-refractivity contribution >= 4 is 25.9 Å². The number of nitrogens with zero attached hydrogens (tertiary/aromatic N) is 3. The monoisotopic (exact) mass is 646 g/mol. The zero-order valence-corrected chi connectivity index (χ0v) is 27.2. The van der Waals surface area contributed by atoms with Crippen molar-refractivity contribution in [3.8, 4) is 0 Å². The molecular weight excluding hydrogens is 608 g/mol. The van der Waals surface area contributed by atoms with Gasteiger partial charge in [-0.3, -0.25) is 14.5 Å². The summed E-state index contributed by atoms with van der Waals surface area (Å²) in [6.45, 7) is 13.6. The molecule has 0 saturated carbocycles. The van der Waals surface area contributed by atoms with Crippen molar-refractivity contribution in [3.63, 3.8) is 0 Å². The van der Waals surface area contributed by atoms with Gasteiger partial charge in [0.05, 0.1) is 31.1 Å². The van der Waals surface area contributed by atoms with Gasteiger partial charge in [-0.05, 0) is 61.0 Å². The molecule has 0 unspecified atom stereocenters. The summed E-state index contributed by atoms with van der Waals surface area (Å²) in [7, 11) is -2.27. The average molecular weight is 647 g/mol. The molecule has 1 fully saturated rings. The molecule has 0 radical (unpaired) electrons. The van der Waals surface area contributed by atoms with E-state index in [1.165, 1.54) is 23.1 Å². The molecule has 2 atom stereocenters. The molecule has 2 aromatic carbocycles. The van der Waals surface area contributed by atoms with Crippen LogP contribution in [0.1, 0.15) is 72.4 Å². The van der Waals surface area contributed by atoms with Crippen molar-refractivity contribution in [2.24, 2.45) is 0 Å². The third-order valence-corrected chi connectivity index (χ3v) is 13.5. The van der Waals surface area contributed by atoms with Gasteiger partial charge in [-0.15, -0.1) is 0 Å². The summed E-state index contributed by atoms with van der Waals surface area (Å²) in [6.07, 6.45) is -4.65. The standard InChI is InChI=1S/C32H38F4N4O4Si/c1-7-39-29-26(24(38-40(29)23-16-43-17-23)18-44-45(5,6)31(2,3)4)25(19-11-13-22(33)14-12-19)27(30(39)42)37-28(41)20-9-8-10-21(15-20)32(34,35)36/h8-15,23,25,27H,7,16-18H2,1-6H3,(H,37,41)/t25-,27-/m1/s1. The summed E-state index contributed by atoms with van der Waals surface area (Å²) in [5, 5.41) is 7.60. The van der Waals surface area contributed by atoms with E-state index in [2.05, 4.69) is 39.2 Å². The van der Waals surface area contributed by atoms with Crippen LogP contribution in [-0.4, -0.2) is 55.7 Å². The van der Waals surface area contributed by atoms with Gasteiger partial charge in [-0.1, -0.05) is 39.0 Å². The van der Waals surface area contributed by atoms with Crippen molar-refractivity contribution in [3.05, 3.63) is 82.3 Å². The number of alkyl halides is 3. The maximum Gasteiger partial charge on any atom is 0.416 e. The van der Waals surface area contributed by atoms with Gasteiger partial charge in [-0.25, -0.2) is 9.07 Å². The fourth-order valence-corrected chi connectivity index (χ4v) is 6.32. The van der Waals surface area contributed by atoms with Gasteiger partial charge in [0.15, 0.2) is 8.32 Å². The SMILES string of the molecule is CCN1C(=O)[C@H](NC(=O)c2cccc(C(F)(F)F)c2)[C@H](c2ccc(F)cc2)c2c(CO[Si](C)(C)C(C)(C)C)nn(C3COC3)c21. The molecule has 3 aromatic rings. The van der Waals surface area contributed by atoms with E-state index in [9.17, 15) is 27.2 Å². The van der Waals surface area contributed by atoms with Crippen LogP contribution in [0.15, 0.2) is 48.5 Å². The molecule has 3 heterocycles. The summed E-state index contributed by atoms with van der Waals surface area (Å²) in [4.78, 5) is 29.3. The first kappa shape index (κ1) is 32.8. The highest BCUT2D eigenvalue weighted by molar-refractivity contribution is 6.74. The van der Waals surface area contributed by atoms with Gasteiger partial charge >= 0.3 is 6.18 Å². The van der Waals surface area contributed by atoms with Gasteiger partial charge < -0.3 is 14.5 Å². The number of halogens is 4. The maximum absolute atomic E-state index is 14.3. The van der Waals surface area contributed by atoms with Gasteiger partial charge in [0.25, 0.3) is 11.8 Å². The van der Waals surface area contributed by atoms with Gasteiger partial charge in [0, 0.05) is 23.6 Å². The largest absolute Gasteiger partial charge is 0.416 e. The fourth-order valence-electron chi connectivity index (χ4n) is 5.39. The van der Waals surface area contributed by atoms with Crippen LogP contribution >= 0.6 is 0 Å². The highest BCUT2D eigenvalue weighted by atomic mass is 28.4. The first-order valence-electron chi connectivity index (χ1n) is 14.9. The van der Waals surface area contributed by atoms with Gasteiger partial charge in [-0.2, -0.15) is 18.3 Å². The van der Waals surface area contributed by atoms with Crippen molar-refractivity contribution in [1.82, 2.24) is 15.1 Å². The number of rotatable bonds is 8. The summed E-state index contributed by atoms with van der Waals surface area (Å²) < 4.78 is 68.3. The molecule has 1 aromatic heterocycles. The van der Waals surface area contributed by atoms with Crippen LogP contribution in [0.25, 0.3) is 0 Å². The molecule has 1 N–H and O–H groups in total.